The smallest absolute Gasteiger partial charge is 0.410 e. The summed E-state index contributed by atoms with van der Waals surface area (Å²) in [5.74, 6) is -0.773. The molecule has 1 rings (SSSR count). The molecule has 1 fully saturated rings. The second-order valence-corrected chi connectivity index (χ2v) is 6.81. The molecule has 1 aliphatic heterocycles. The minimum Gasteiger partial charge on any atom is -0.444 e. The number of hydrogen-bond acceptors (Lipinski definition) is 6. The fourth-order valence-corrected chi connectivity index (χ4v) is 2.75. The summed E-state index contributed by atoms with van der Waals surface area (Å²) in [4.78, 5) is 37.1. The van der Waals surface area contributed by atoms with E-state index in [0.717, 1.165) is 18.2 Å². The van der Waals surface area contributed by atoms with Gasteiger partial charge in [-0.15, -0.1) is 11.8 Å². The van der Waals surface area contributed by atoms with Gasteiger partial charge in [0, 0.05) is 13.5 Å². The molecule has 0 bridgehead atoms. The number of likely N-dealkylation sites (tertiary alicyclic amines) is 1. The monoisotopic (exact) mass is 317 g/mol. The first-order valence-corrected chi connectivity index (χ1v) is 8.18. The van der Waals surface area contributed by atoms with E-state index in [1.807, 2.05) is 0 Å². The third-order valence-corrected chi connectivity index (χ3v) is 3.69. The zero-order valence-electron chi connectivity index (χ0n) is 13.2. The lowest BCUT2D eigenvalue weighted by molar-refractivity contribution is -0.149. The minimum atomic E-state index is -0.879. The Morgan fingerprint density at radius 2 is 1.90 bits per heavy atom. The summed E-state index contributed by atoms with van der Waals surface area (Å²) in [7, 11) is 0. The number of carbonyl (C=O) groups is 3. The Labute approximate surface area is 129 Å². The van der Waals surface area contributed by atoms with Crippen LogP contribution in [0.1, 0.15) is 40.5 Å². The van der Waals surface area contributed by atoms with Crippen LogP contribution in [0.15, 0.2) is 0 Å². The second-order valence-electron chi connectivity index (χ2n) is 5.91. The third-order valence-electron chi connectivity index (χ3n) is 2.93. The Kier molecular flexibility index (Phi) is 6.07. The highest BCUT2D eigenvalue weighted by molar-refractivity contribution is 7.99. The van der Waals surface area contributed by atoms with Gasteiger partial charge in [0.15, 0.2) is 0 Å². The van der Waals surface area contributed by atoms with Crippen molar-refractivity contribution in [1.29, 1.82) is 0 Å². The van der Waals surface area contributed by atoms with Gasteiger partial charge in [-0.1, -0.05) is 0 Å². The maximum atomic E-state index is 12.4. The van der Waals surface area contributed by atoms with Crippen LogP contribution in [0.4, 0.5) is 4.79 Å². The first-order chi connectivity index (χ1) is 9.65. The molecule has 0 aromatic rings. The Balaban J connectivity index is 2.78. The molecule has 0 saturated carbocycles. The van der Waals surface area contributed by atoms with Crippen molar-refractivity contribution in [2.24, 2.45) is 0 Å². The summed E-state index contributed by atoms with van der Waals surface area (Å²) in [6, 6.07) is -0.586. The van der Waals surface area contributed by atoms with Gasteiger partial charge in [-0.2, -0.15) is 0 Å². The van der Waals surface area contributed by atoms with Crippen LogP contribution in [0.2, 0.25) is 0 Å². The molecule has 2 atom stereocenters. The van der Waals surface area contributed by atoms with E-state index in [9.17, 15) is 14.4 Å². The Morgan fingerprint density at radius 1 is 1.29 bits per heavy atom. The van der Waals surface area contributed by atoms with Gasteiger partial charge in [0.2, 0.25) is 11.2 Å². The Hall–Kier alpha value is -1.24. The molecule has 0 radical (unpaired) electrons. The average Bonchev–Trinajstić information content (AvgIpc) is 2.81. The maximum absolute atomic E-state index is 12.4. The highest BCUT2D eigenvalue weighted by Gasteiger charge is 2.40. The molecular formula is C14H23NO5S. The summed E-state index contributed by atoms with van der Waals surface area (Å²) < 4.78 is 10.3. The minimum absolute atomic E-state index is 0.263. The van der Waals surface area contributed by atoms with Crippen LogP contribution < -0.4 is 0 Å². The summed E-state index contributed by atoms with van der Waals surface area (Å²) in [5, 5.41) is 0. The number of thioether (sulfide) groups is 1. The number of Topliss-reactive ketones (excluding diaryl/α,β-unsaturated/α-hetero) is 1. The van der Waals surface area contributed by atoms with Gasteiger partial charge in [0.05, 0.1) is 6.04 Å². The molecule has 0 aliphatic carbocycles. The standard InChI is InChI=1S/C14H23NO5S/c1-9(16)19-12(21-5)11(17)10-7-6-8-15(10)13(18)20-14(2,3)4/h10,12H,6-8H2,1-5H3/t10-,12?/m0/s1. The average molecular weight is 317 g/mol. The molecule has 1 unspecified atom stereocenters. The fourth-order valence-electron chi connectivity index (χ4n) is 2.13. The molecule has 21 heavy (non-hydrogen) atoms. The number of esters is 1. The van der Waals surface area contributed by atoms with E-state index >= 15 is 0 Å². The molecule has 1 heterocycles. The van der Waals surface area contributed by atoms with E-state index < -0.39 is 29.1 Å². The van der Waals surface area contributed by atoms with Crippen molar-refractivity contribution in [3.05, 3.63) is 0 Å². The second kappa shape index (κ2) is 7.15. The van der Waals surface area contributed by atoms with E-state index in [1.165, 1.54) is 11.8 Å². The largest absolute Gasteiger partial charge is 0.444 e. The van der Waals surface area contributed by atoms with Crippen LogP contribution in [0.3, 0.4) is 0 Å². The van der Waals surface area contributed by atoms with Crippen molar-refractivity contribution in [3.63, 3.8) is 0 Å². The molecular weight excluding hydrogens is 294 g/mol. The lowest BCUT2D eigenvalue weighted by Crippen LogP contribution is -2.46. The first-order valence-electron chi connectivity index (χ1n) is 6.89. The van der Waals surface area contributed by atoms with E-state index in [4.69, 9.17) is 9.47 Å². The van der Waals surface area contributed by atoms with Crippen molar-refractivity contribution < 1.29 is 23.9 Å². The Bertz CT molecular complexity index is 418. The van der Waals surface area contributed by atoms with Crippen molar-refractivity contribution in [2.45, 2.75) is 57.6 Å². The number of carbonyl (C=O) groups excluding carboxylic acids is 3. The highest BCUT2D eigenvalue weighted by Crippen LogP contribution is 2.25. The topological polar surface area (TPSA) is 72.9 Å². The van der Waals surface area contributed by atoms with E-state index in [-0.39, 0.29) is 5.78 Å². The number of amides is 1. The van der Waals surface area contributed by atoms with Crippen molar-refractivity contribution in [1.82, 2.24) is 4.90 Å². The quantitative estimate of drug-likeness (QED) is 0.585. The number of hydrogen-bond donors (Lipinski definition) is 0. The molecule has 0 aromatic heterocycles. The number of rotatable bonds is 4. The molecule has 0 spiro atoms. The fraction of sp³-hybridized carbons (Fsp3) is 0.786. The molecule has 0 aromatic carbocycles. The SMILES string of the molecule is CSC(OC(C)=O)C(=O)[C@@H]1CCCN1C(=O)OC(C)(C)C. The van der Waals surface area contributed by atoms with Gasteiger partial charge in [-0.3, -0.25) is 14.5 Å². The van der Waals surface area contributed by atoms with Gasteiger partial charge >= 0.3 is 12.1 Å². The zero-order chi connectivity index (χ0) is 16.2. The summed E-state index contributed by atoms with van der Waals surface area (Å²) in [6.07, 6.45) is 2.49. The normalized spacial score (nSPS) is 20.0. The Morgan fingerprint density at radius 3 is 2.38 bits per heavy atom. The highest BCUT2D eigenvalue weighted by atomic mass is 32.2. The predicted octanol–water partition coefficient (Wildman–Crippen LogP) is 2.21. The van der Waals surface area contributed by atoms with Gasteiger partial charge in [-0.05, 0) is 39.9 Å². The molecule has 1 saturated heterocycles. The molecule has 120 valence electrons. The van der Waals surface area contributed by atoms with E-state index in [0.29, 0.717) is 13.0 Å². The molecule has 7 heteroatoms. The third kappa shape index (κ3) is 5.22. The van der Waals surface area contributed by atoms with E-state index in [1.54, 1.807) is 27.0 Å². The van der Waals surface area contributed by atoms with Crippen molar-refractivity contribution in [2.75, 3.05) is 12.8 Å². The van der Waals surface area contributed by atoms with E-state index in [2.05, 4.69) is 0 Å². The summed E-state index contributed by atoms with van der Waals surface area (Å²) in [6.45, 7) is 7.08. The maximum Gasteiger partial charge on any atom is 0.410 e. The predicted molar refractivity (Wildman–Crippen MR) is 80.0 cm³/mol. The van der Waals surface area contributed by atoms with Gasteiger partial charge in [0.25, 0.3) is 0 Å². The van der Waals surface area contributed by atoms with Crippen LogP contribution in [0, 0.1) is 0 Å². The number of ether oxygens (including phenoxy) is 2. The molecule has 0 N–H and O–H groups in total. The lowest BCUT2D eigenvalue weighted by Gasteiger charge is -2.29. The number of ketones is 1. The van der Waals surface area contributed by atoms with Crippen LogP contribution in [-0.2, 0) is 19.1 Å². The zero-order valence-corrected chi connectivity index (χ0v) is 14.0. The van der Waals surface area contributed by atoms with Gasteiger partial charge in [0.1, 0.15) is 5.60 Å². The van der Waals surface area contributed by atoms with Crippen molar-refractivity contribution in [3.8, 4) is 0 Å². The van der Waals surface area contributed by atoms with Gasteiger partial charge < -0.3 is 9.47 Å². The first kappa shape index (κ1) is 17.8. The molecule has 6 nitrogen and oxygen atoms in total. The van der Waals surface area contributed by atoms with Crippen LogP contribution in [0.5, 0.6) is 0 Å². The lowest BCUT2D eigenvalue weighted by atomic mass is 10.1. The molecule has 1 amide bonds. The number of nitrogens with zero attached hydrogens (tertiary/aromatic N) is 1. The summed E-state index contributed by atoms with van der Waals surface area (Å²) in [5.41, 5.74) is -1.49. The molecule has 1 aliphatic rings. The van der Waals surface area contributed by atoms with Crippen LogP contribution in [-0.4, -0.2) is 52.6 Å². The van der Waals surface area contributed by atoms with Gasteiger partial charge in [-0.25, -0.2) is 4.79 Å². The van der Waals surface area contributed by atoms with Crippen LogP contribution in [0.25, 0.3) is 0 Å². The van der Waals surface area contributed by atoms with Crippen LogP contribution >= 0.6 is 11.8 Å². The van der Waals surface area contributed by atoms with Crippen molar-refractivity contribution >= 4 is 29.6 Å². The summed E-state index contributed by atoms with van der Waals surface area (Å²) >= 11 is 1.15.